The maximum Gasteiger partial charge on any atom is 0.269 e. The number of rotatable bonds is 5. The Kier molecular flexibility index (Phi) is 5.87. The van der Waals surface area contributed by atoms with Crippen molar-refractivity contribution >= 4 is 11.8 Å². The smallest absolute Gasteiger partial charge is 0.269 e. The normalized spacial score (nSPS) is 10.2. The summed E-state index contributed by atoms with van der Waals surface area (Å²) < 4.78 is 0. The van der Waals surface area contributed by atoms with Crippen LogP contribution < -0.4 is 10.9 Å². The number of hydrazine groups is 1. The molecule has 1 aromatic carbocycles. The summed E-state index contributed by atoms with van der Waals surface area (Å²) in [5.41, 5.74) is 5.30. The average Bonchev–Trinajstić information content (AvgIpc) is 2.43. The van der Waals surface area contributed by atoms with Gasteiger partial charge in [-0.1, -0.05) is 32.0 Å². The van der Waals surface area contributed by atoms with Crippen LogP contribution >= 0.6 is 0 Å². The molecule has 0 bridgehead atoms. The summed E-state index contributed by atoms with van der Waals surface area (Å²) in [6, 6.07) is 8.74. The van der Waals surface area contributed by atoms with Crippen LogP contribution in [0.1, 0.15) is 24.2 Å². The maximum absolute atomic E-state index is 11.6. The SMILES string of the molecule is CCN(CC)CC(=O)NNC(=O)c1ccccc1. The van der Waals surface area contributed by atoms with Crippen LogP contribution in [0.4, 0.5) is 0 Å². The largest absolute Gasteiger partial charge is 0.295 e. The lowest BCUT2D eigenvalue weighted by Gasteiger charge is -2.17. The standard InChI is InChI=1S/C13H19N3O2/c1-3-16(4-2)10-12(17)14-15-13(18)11-8-6-5-7-9-11/h5-9H,3-4,10H2,1-2H3,(H,14,17)(H,15,18). The zero-order valence-corrected chi connectivity index (χ0v) is 10.8. The van der Waals surface area contributed by atoms with Crippen LogP contribution in [0.3, 0.4) is 0 Å². The number of hydrogen-bond donors (Lipinski definition) is 2. The van der Waals surface area contributed by atoms with Crippen LogP contribution in [0.5, 0.6) is 0 Å². The summed E-state index contributed by atoms with van der Waals surface area (Å²) in [6.45, 7) is 5.85. The Hall–Kier alpha value is -1.88. The van der Waals surface area contributed by atoms with Crippen molar-refractivity contribution in [1.82, 2.24) is 15.8 Å². The van der Waals surface area contributed by atoms with Gasteiger partial charge < -0.3 is 0 Å². The van der Waals surface area contributed by atoms with Gasteiger partial charge in [-0.25, -0.2) is 0 Å². The minimum Gasteiger partial charge on any atom is -0.295 e. The van der Waals surface area contributed by atoms with Crippen LogP contribution in [0.25, 0.3) is 0 Å². The molecule has 0 spiro atoms. The first-order valence-corrected chi connectivity index (χ1v) is 6.04. The van der Waals surface area contributed by atoms with E-state index in [1.165, 1.54) is 0 Å². The Bertz CT molecular complexity index is 388. The molecule has 0 fully saturated rings. The zero-order chi connectivity index (χ0) is 13.4. The number of carbonyl (C=O) groups is 2. The molecule has 5 nitrogen and oxygen atoms in total. The molecule has 98 valence electrons. The van der Waals surface area contributed by atoms with Gasteiger partial charge in [-0.3, -0.25) is 25.3 Å². The van der Waals surface area contributed by atoms with Crippen molar-refractivity contribution in [2.45, 2.75) is 13.8 Å². The maximum atomic E-state index is 11.6. The molecule has 18 heavy (non-hydrogen) atoms. The van der Waals surface area contributed by atoms with Crippen molar-refractivity contribution < 1.29 is 9.59 Å². The predicted octanol–water partition coefficient (Wildman–Crippen LogP) is 0.789. The first kappa shape index (κ1) is 14.2. The number of nitrogens with zero attached hydrogens (tertiary/aromatic N) is 1. The van der Waals surface area contributed by atoms with E-state index in [-0.39, 0.29) is 18.4 Å². The van der Waals surface area contributed by atoms with E-state index in [9.17, 15) is 9.59 Å². The van der Waals surface area contributed by atoms with Crippen LogP contribution in [0.2, 0.25) is 0 Å². The Morgan fingerprint density at radius 1 is 1.06 bits per heavy atom. The van der Waals surface area contributed by atoms with Crippen molar-refractivity contribution in [3.63, 3.8) is 0 Å². The quantitative estimate of drug-likeness (QED) is 0.758. The molecular weight excluding hydrogens is 230 g/mol. The van der Waals surface area contributed by atoms with E-state index < -0.39 is 0 Å². The van der Waals surface area contributed by atoms with Gasteiger partial charge in [-0.15, -0.1) is 0 Å². The summed E-state index contributed by atoms with van der Waals surface area (Å²) in [5.74, 6) is -0.536. The van der Waals surface area contributed by atoms with Crippen LogP contribution in [0, 0.1) is 0 Å². The van der Waals surface area contributed by atoms with E-state index >= 15 is 0 Å². The predicted molar refractivity (Wildman–Crippen MR) is 69.8 cm³/mol. The van der Waals surface area contributed by atoms with Gasteiger partial charge in [0, 0.05) is 5.56 Å². The molecule has 1 rings (SSSR count). The molecular formula is C13H19N3O2. The number of nitrogens with one attached hydrogen (secondary N) is 2. The molecule has 0 atom stereocenters. The van der Waals surface area contributed by atoms with Gasteiger partial charge in [0.25, 0.3) is 11.8 Å². The minimum absolute atomic E-state index is 0.219. The highest BCUT2D eigenvalue weighted by atomic mass is 16.2. The van der Waals surface area contributed by atoms with Crippen LogP contribution in [-0.4, -0.2) is 36.3 Å². The van der Waals surface area contributed by atoms with Crippen molar-refractivity contribution in [2.24, 2.45) is 0 Å². The molecule has 0 unspecified atom stereocenters. The lowest BCUT2D eigenvalue weighted by atomic mass is 10.2. The second kappa shape index (κ2) is 7.45. The second-order valence-corrected chi connectivity index (χ2v) is 3.83. The fourth-order valence-electron chi connectivity index (χ4n) is 1.48. The van der Waals surface area contributed by atoms with Gasteiger partial charge in [0.15, 0.2) is 0 Å². The molecule has 5 heteroatoms. The third-order valence-electron chi connectivity index (χ3n) is 2.61. The lowest BCUT2D eigenvalue weighted by molar-refractivity contribution is -0.122. The molecule has 0 radical (unpaired) electrons. The van der Waals surface area contributed by atoms with E-state index in [0.29, 0.717) is 5.56 Å². The molecule has 0 aromatic heterocycles. The zero-order valence-electron chi connectivity index (χ0n) is 10.8. The topological polar surface area (TPSA) is 61.4 Å². The highest BCUT2D eigenvalue weighted by molar-refractivity contribution is 5.95. The first-order valence-electron chi connectivity index (χ1n) is 6.04. The van der Waals surface area contributed by atoms with Gasteiger partial charge in [-0.2, -0.15) is 0 Å². The molecule has 2 amide bonds. The van der Waals surface area contributed by atoms with E-state index in [1.807, 2.05) is 24.8 Å². The summed E-state index contributed by atoms with van der Waals surface area (Å²) in [6.07, 6.45) is 0. The Balaban J connectivity index is 2.37. The van der Waals surface area contributed by atoms with E-state index in [1.54, 1.807) is 24.3 Å². The van der Waals surface area contributed by atoms with Crippen molar-refractivity contribution in [3.8, 4) is 0 Å². The average molecular weight is 249 g/mol. The van der Waals surface area contributed by atoms with E-state index in [0.717, 1.165) is 13.1 Å². The Labute approximate surface area is 107 Å². The van der Waals surface area contributed by atoms with Gasteiger partial charge in [0.05, 0.1) is 6.54 Å². The van der Waals surface area contributed by atoms with Crippen LogP contribution in [-0.2, 0) is 4.79 Å². The molecule has 0 aliphatic carbocycles. The monoisotopic (exact) mass is 249 g/mol. The highest BCUT2D eigenvalue weighted by Crippen LogP contribution is 1.96. The molecule has 2 N–H and O–H groups in total. The van der Waals surface area contributed by atoms with Gasteiger partial charge >= 0.3 is 0 Å². The second-order valence-electron chi connectivity index (χ2n) is 3.83. The van der Waals surface area contributed by atoms with Gasteiger partial charge in [0.2, 0.25) is 0 Å². The van der Waals surface area contributed by atoms with Crippen molar-refractivity contribution in [1.29, 1.82) is 0 Å². The minimum atomic E-state index is -0.316. The number of benzene rings is 1. The van der Waals surface area contributed by atoms with Crippen molar-refractivity contribution in [3.05, 3.63) is 35.9 Å². The number of likely N-dealkylation sites (N-methyl/N-ethyl adjacent to an activating group) is 1. The molecule has 0 aliphatic heterocycles. The third-order valence-corrected chi connectivity index (χ3v) is 2.61. The van der Waals surface area contributed by atoms with Gasteiger partial charge in [-0.05, 0) is 25.2 Å². The molecule has 0 aliphatic rings. The summed E-state index contributed by atoms with van der Waals surface area (Å²) in [5, 5.41) is 0. The Morgan fingerprint density at radius 3 is 2.22 bits per heavy atom. The summed E-state index contributed by atoms with van der Waals surface area (Å²) >= 11 is 0. The Morgan fingerprint density at radius 2 is 1.67 bits per heavy atom. The number of carbonyl (C=O) groups excluding carboxylic acids is 2. The fraction of sp³-hybridized carbons (Fsp3) is 0.385. The van der Waals surface area contributed by atoms with E-state index in [4.69, 9.17) is 0 Å². The first-order chi connectivity index (χ1) is 8.67. The van der Waals surface area contributed by atoms with Crippen LogP contribution in [0.15, 0.2) is 30.3 Å². The lowest BCUT2D eigenvalue weighted by Crippen LogP contribution is -2.46. The highest BCUT2D eigenvalue weighted by Gasteiger charge is 2.09. The molecule has 0 heterocycles. The van der Waals surface area contributed by atoms with Crippen molar-refractivity contribution in [2.75, 3.05) is 19.6 Å². The number of hydrogen-bond acceptors (Lipinski definition) is 3. The summed E-state index contributed by atoms with van der Waals surface area (Å²) in [7, 11) is 0. The van der Waals surface area contributed by atoms with E-state index in [2.05, 4.69) is 10.9 Å². The summed E-state index contributed by atoms with van der Waals surface area (Å²) in [4.78, 5) is 25.1. The molecule has 0 saturated heterocycles. The number of amides is 2. The third kappa shape index (κ3) is 4.55. The molecule has 1 aromatic rings. The molecule has 0 saturated carbocycles. The fourth-order valence-corrected chi connectivity index (χ4v) is 1.48. The van der Waals surface area contributed by atoms with Gasteiger partial charge in [0.1, 0.15) is 0 Å².